The summed E-state index contributed by atoms with van der Waals surface area (Å²) in [6.45, 7) is 1.58. The molecule has 2 N–H and O–H groups in total. The first kappa shape index (κ1) is 20.7. The average Bonchev–Trinajstić information content (AvgIpc) is 3.63. The number of fused-ring (bicyclic) bond motifs is 1. The first-order chi connectivity index (χ1) is 16.7. The Bertz CT molecular complexity index is 1360. The Morgan fingerprint density at radius 1 is 1.03 bits per heavy atom. The Labute approximate surface area is 198 Å². The van der Waals surface area contributed by atoms with Crippen molar-refractivity contribution in [1.29, 1.82) is 0 Å². The van der Waals surface area contributed by atoms with E-state index in [1.165, 1.54) is 0 Å². The van der Waals surface area contributed by atoms with Crippen LogP contribution in [-0.2, 0) is 4.79 Å². The predicted octanol–water partition coefficient (Wildman–Crippen LogP) is 4.61. The van der Waals surface area contributed by atoms with Crippen LogP contribution in [0.4, 0.5) is 5.82 Å². The number of benzene rings is 2. The van der Waals surface area contributed by atoms with Crippen molar-refractivity contribution in [2.75, 3.05) is 18.4 Å². The Kier molecular flexibility index (Phi) is 5.17. The molecule has 2 aliphatic rings. The van der Waals surface area contributed by atoms with Gasteiger partial charge in [-0.3, -0.25) is 9.36 Å². The van der Waals surface area contributed by atoms with Crippen molar-refractivity contribution >= 4 is 22.8 Å². The molecule has 0 unspecified atom stereocenters. The number of likely N-dealkylation sites (tertiary alicyclic amines) is 1. The molecule has 1 saturated carbocycles. The van der Waals surface area contributed by atoms with Gasteiger partial charge < -0.3 is 15.3 Å². The maximum Gasteiger partial charge on any atom is 0.225 e. The van der Waals surface area contributed by atoms with E-state index in [4.69, 9.17) is 4.98 Å². The number of anilines is 1. The predicted molar refractivity (Wildman–Crippen MR) is 132 cm³/mol. The largest absolute Gasteiger partial charge is 0.508 e. The van der Waals surface area contributed by atoms with Gasteiger partial charge in [-0.1, -0.05) is 24.3 Å². The maximum absolute atomic E-state index is 12.5. The van der Waals surface area contributed by atoms with E-state index in [0.717, 1.165) is 72.7 Å². The molecule has 0 bridgehead atoms. The van der Waals surface area contributed by atoms with Crippen molar-refractivity contribution in [2.45, 2.75) is 31.7 Å². The fourth-order valence-corrected chi connectivity index (χ4v) is 4.86. The number of para-hydroxylation sites is 2. The topological polar surface area (TPSA) is 83.3 Å². The molecule has 2 aromatic carbocycles. The molecule has 7 nitrogen and oxygen atoms in total. The van der Waals surface area contributed by atoms with Crippen LogP contribution in [0.25, 0.3) is 28.1 Å². The zero-order valence-corrected chi connectivity index (χ0v) is 18.9. The third kappa shape index (κ3) is 3.98. The summed E-state index contributed by atoms with van der Waals surface area (Å²) < 4.78 is 2.10. The molecule has 7 heteroatoms. The third-order valence-corrected chi connectivity index (χ3v) is 6.68. The number of imidazole rings is 1. The number of hydrogen-bond acceptors (Lipinski definition) is 5. The number of hydrogen-bond donors (Lipinski definition) is 2. The minimum atomic E-state index is 0.185. The number of nitrogens with zero attached hydrogens (tertiary/aromatic N) is 4. The highest BCUT2D eigenvalue weighted by Gasteiger charge is 2.35. The van der Waals surface area contributed by atoms with Gasteiger partial charge in [0.1, 0.15) is 17.4 Å². The van der Waals surface area contributed by atoms with Gasteiger partial charge >= 0.3 is 0 Å². The number of amides is 1. The van der Waals surface area contributed by atoms with Crippen LogP contribution in [0.3, 0.4) is 0 Å². The Morgan fingerprint density at radius 2 is 1.91 bits per heavy atom. The summed E-state index contributed by atoms with van der Waals surface area (Å²) >= 11 is 0. The average molecular weight is 454 g/mol. The lowest BCUT2D eigenvalue weighted by atomic mass is 10.1. The second-order valence-electron chi connectivity index (χ2n) is 9.25. The molecule has 6 rings (SSSR count). The highest BCUT2D eigenvalue weighted by atomic mass is 16.3. The smallest absolute Gasteiger partial charge is 0.225 e. The molecule has 0 radical (unpaired) electrons. The summed E-state index contributed by atoms with van der Waals surface area (Å²) in [6.07, 6.45) is 5.90. The molecule has 1 aliphatic carbocycles. The Hall–Kier alpha value is -3.87. The Morgan fingerprint density at radius 3 is 2.76 bits per heavy atom. The number of phenols is 1. The van der Waals surface area contributed by atoms with Gasteiger partial charge in [-0.25, -0.2) is 9.97 Å². The fourth-order valence-electron chi connectivity index (χ4n) is 4.86. The highest BCUT2D eigenvalue weighted by Crippen LogP contribution is 2.33. The number of phenolic OH excluding ortho intramolecular Hbond substituents is 1. The lowest BCUT2D eigenvalue weighted by molar-refractivity contribution is -0.133. The number of nitrogens with one attached hydrogen (secondary N) is 1. The van der Waals surface area contributed by atoms with E-state index in [-0.39, 0.29) is 17.7 Å². The van der Waals surface area contributed by atoms with Gasteiger partial charge in [-0.2, -0.15) is 0 Å². The number of carbonyl (C=O) groups excluding carboxylic acids is 1. The van der Waals surface area contributed by atoms with E-state index >= 15 is 0 Å². The first-order valence-electron chi connectivity index (χ1n) is 11.9. The molecular weight excluding hydrogens is 426 g/mol. The van der Waals surface area contributed by atoms with Gasteiger partial charge in [-0.15, -0.1) is 0 Å². The first-order valence-corrected chi connectivity index (χ1v) is 11.9. The summed E-state index contributed by atoms with van der Waals surface area (Å²) in [7, 11) is 0. The number of aromatic hydroxyl groups is 1. The number of pyridine rings is 1. The quantitative estimate of drug-likeness (QED) is 0.461. The molecule has 3 heterocycles. The van der Waals surface area contributed by atoms with E-state index in [1.54, 1.807) is 18.3 Å². The van der Waals surface area contributed by atoms with Crippen LogP contribution >= 0.6 is 0 Å². The van der Waals surface area contributed by atoms with Crippen LogP contribution < -0.4 is 5.32 Å². The van der Waals surface area contributed by atoms with Gasteiger partial charge in [0.25, 0.3) is 0 Å². The lowest BCUT2D eigenvalue weighted by Gasteiger charge is -2.33. The zero-order chi connectivity index (χ0) is 23.1. The SMILES string of the molecule is O=C(C1CC1)N1CCC[C@@H](Nc2cc(-n3c(-c4cccc(O)c4)nc4ccccc43)ccn2)C1. The van der Waals surface area contributed by atoms with Crippen molar-refractivity contribution in [3.63, 3.8) is 0 Å². The van der Waals surface area contributed by atoms with Gasteiger partial charge in [0.15, 0.2) is 0 Å². The number of carbonyl (C=O) groups is 1. The highest BCUT2D eigenvalue weighted by molar-refractivity contribution is 5.83. The number of piperidine rings is 1. The molecule has 2 fully saturated rings. The molecule has 172 valence electrons. The standard InChI is InChI=1S/C27H27N5O2/c33-22-7-3-5-19(15-22)26-30-23-8-1-2-9-24(23)32(26)21-12-13-28-25(16-21)29-20-6-4-14-31(17-20)27(34)18-10-11-18/h1-3,5,7-9,12-13,15-16,18,20,33H,4,6,10-11,14,17H2,(H,28,29)/t20-/m1/s1. The summed E-state index contributed by atoms with van der Waals surface area (Å²) in [5.74, 6) is 2.31. The molecule has 1 atom stereocenters. The molecule has 4 aromatic rings. The monoisotopic (exact) mass is 453 g/mol. The van der Waals surface area contributed by atoms with Gasteiger partial charge in [-0.05, 0) is 56.0 Å². The van der Waals surface area contributed by atoms with Crippen molar-refractivity contribution in [1.82, 2.24) is 19.4 Å². The maximum atomic E-state index is 12.5. The van der Waals surface area contributed by atoms with Gasteiger partial charge in [0, 0.05) is 42.9 Å². The van der Waals surface area contributed by atoms with E-state index in [0.29, 0.717) is 5.91 Å². The minimum absolute atomic E-state index is 0.185. The van der Waals surface area contributed by atoms with Crippen molar-refractivity contribution < 1.29 is 9.90 Å². The van der Waals surface area contributed by atoms with Crippen LogP contribution in [0.15, 0.2) is 66.9 Å². The minimum Gasteiger partial charge on any atom is -0.508 e. The van der Waals surface area contributed by atoms with E-state index < -0.39 is 0 Å². The molecule has 34 heavy (non-hydrogen) atoms. The van der Waals surface area contributed by atoms with Crippen LogP contribution in [0.5, 0.6) is 5.75 Å². The molecule has 1 saturated heterocycles. The number of aromatic nitrogens is 3. The van der Waals surface area contributed by atoms with Gasteiger partial charge in [0.2, 0.25) is 5.91 Å². The van der Waals surface area contributed by atoms with Crippen molar-refractivity contribution in [3.05, 3.63) is 66.9 Å². The molecule has 1 amide bonds. The Balaban J connectivity index is 1.33. The van der Waals surface area contributed by atoms with E-state index in [1.807, 2.05) is 53.4 Å². The lowest BCUT2D eigenvalue weighted by Crippen LogP contribution is -2.45. The zero-order valence-electron chi connectivity index (χ0n) is 18.9. The molecule has 1 aliphatic heterocycles. The fraction of sp³-hybridized carbons (Fsp3) is 0.296. The third-order valence-electron chi connectivity index (χ3n) is 6.68. The van der Waals surface area contributed by atoms with E-state index in [9.17, 15) is 9.90 Å². The van der Waals surface area contributed by atoms with E-state index in [2.05, 4.69) is 14.9 Å². The molecular formula is C27H27N5O2. The summed E-state index contributed by atoms with van der Waals surface area (Å²) in [6, 6.07) is 19.4. The summed E-state index contributed by atoms with van der Waals surface area (Å²) in [4.78, 5) is 24.0. The molecule has 0 spiro atoms. The van der Waals surface area contributed by atoms with Crippen molar-refractivity contribution in [3.8, 4) is 22.8 Å². The second-order valence-corrected chi connectivity index (χ2v) is 9.25. The van der Waals surface area contributed by atoms with Crippen LogP contribution in [-0.4, -0.2) is 49.6 Å². The van der Waals surface area contributed by atoms with Crippen LogP contribution in [0, 0.1) is 5.92 Å². The van der Waals surface area contributed by atoms with Crippen LogP contribution in [0.2, 0.25) is 0 Å². The van der Waals surface area contributed by atoms with Gasteiger partial charge in [0.05, 0.1) is 16.7 Å². The second kappa shape index (κ2) is 8.48. The molecule has 2 aromatic heterocycles. The summed E-state index contributed by atoms with van der Waals surface area (Å²) in [5, 5.41) is 13.6. The van der Waals surface area contributed by atoms with Crippen LogP contribution in [0.1, 0.15) is 25.7 Å². The summed E-state index contributed by atoms with van der Waals surface area (Å²) in [5.41, 5.74) is 3.64. The normalized spacial score (nSPS) is 18.2. The van der Waals surface area contributed by atoms with Crippen molar-refractivity contribution in [2.24, 2.45) is 5.92 Å². The number of rotatable bonds is 5.